The molecule has 0 radical (unpaired) electrons. The zero-order chi connectivity index (χ0) is 12.5. The number of rotatable bonds is 1. The molecule has 17 heavy (non-hydrogen) atoms. The summed E-state index contributed by atoms with van der Waals surface area (Å²) < 4.78 is 0. The summed E-state index contributed by atoms with van der Waals surface area (Å²) in [4.78, 5) is 2.43. The molecule has 1 fully saturated rings. The third kappa shape index (κ3) is 2.70. The Hall–Kier alpha value is -0.860. The molecule has 94 valence electrons. The summed E-state index contributed by atoms with van der Waals surface area (Å²) in [5.74, 6) is 0. The fourth-order valence-electron chi connectivity index (χ4n) is 3.04. The lowest BCUT2D eigenvalue weighted by Crippen LogP contribution is -2.40. The molecule has 0 aliphatic carbocycles. The van der Waals surface area contributed by atoms with Gasteiger partial charge in [0.2, 0.25) is 0 Å². The Labute approximate surface area is 105 Å². The zero-order valence-electron chi connectivity index (χ0n) is 11.5. The average molecular weight is 232 g/mol. The molecule has 1 N–H and O–H groups in total. The molecular formula is C15H24N2. The van der Waals surface area contributed by atoms with Crippen LogP contribution in [0, 0.1) is 13.8 Å². The lowest BCUT2D eigenvalue weighted by Gasteiger charge is -2.33. The summed E-state index contributed by atoms with van der Waals surface area (Å²) in [5.41, 5.74) is 4.49. The van der Waals surface area contributed by atoms with Crippen LogP contribution in [0.15, 0.2) is 18.2 Å². The van der Waals surface area contributed by atoms with Crippen LogP contribution in [0.2, 0.25) is 0 Å². The van der Waals surface area contributed by atoms with E-state index < -0.39 is 0 Å². The van der Waals surface area contributed by atoms with Gasteiger partial charge in [0, 0.05) is 31.6 Å². The van der Waals surface area contributed by atoms with E-state index >= 15 is 0 Å². The summed E-state index contributed by atoms with van der Waals surface area (Å²) >= 11 is 0. The summed E-state index contributed by atoms with van der Waals surface area (Å²) in [6.45, 7) is 11.2. The third-order valence-corrected chi connectivity index (χ3v) is 3.84. The molecule has 2 rings (SSSR count). The van der Waals surface area contributed by atoms with Crippen LogP contribution in [-0.2, 0) is 5.41 Å². The van der Waals surface area contributed by atoms with Crippen molar-refractivity contribution in [3.8, 4) is 0 Å². The Morgan fingerprint density at radius 1 is 1.29 bits per heavy atom. The van der Waals surface area contributed by atoms with Crippen molar-refractivity contribution in [2.45, 2.75) is 26.2 Å². The maximum Gasteiger partial charge on any atom is 0.0179 e. The predicted molar refractivity (Wildman–Crippen MR) is 73.6 cm³/mol. The molecular weight excluding hydrogens is 208 g/mol. The van der Waals surface area contributed by atoms with E-state index in [0.717, 1.165) is 26.2 Å². The van der Waals surface area contributed by atoms with Crippen LogP contribution in [0.4, 0.5) is 0 Å². The maximum atomic E-state index is 3.57. The second-order valence-electron chi connectivity index (χ2n) is 5.79. The van der Waals surface area contributed by atoms with Crippen LogP contribution in [-0.4, -0.2) is 38.1 Å². The van der Waals surface area contributed by atoms with E-state index in [1.807, 2.05) is 0 Å². The van der Waals surface area contributed by atoms with Crippen molar-refractivity contribution in [1.29, 1.82) is 0 Å². The van der Waals surface area contributed by atoms with Crippen LogP contribution < -0.4 is 5.32 Å². The van der Waals surface area contributed by atoms with E-state index in [4.69, 9.17) is 0 Å². The van der Waals surface area contributed by atoms with E-state index in [2.05, 4.69) is 56.2 Å². The predicted octanol–water partition coefficient (Wildman–Crippen LogP) is 2.10. The molecule has 1 aromatic rings. The van der Waals surface area contributed by atoms with Crippen LogP contribution in [0.3, 0.4) is 0 Å². The number of hydrogen-bond donors (Lipinski definition) is 1. The van der Waals surface area contributed by atoms with Gasteiger partial charge in [0.25, 0.3) is 0 Å². The van der Waals surface area contributed by atoms with Crippen molar-refractivity contribution in [1.82, 2.24) is 10.2 Å². The normalized spacial score (nSPS) is 26.8. The van der Waals surface area contributed by atoms with Crippen LogP contribution in [0.25, 0.3) is 0 Å². The molecule has 1 unspecified atom stereocenters. The van der Waals surface area contributed by atoms with Gasteiger partial charge in [-0.1, -0.05) is 30.7 Å². The first kappa shape index (κ1) is 12.6. The number of nitrogens with zero attached hydrogens (tertiary/aromatic N) is 1. The van der Waals surface area contributed by atoms with Gasteiger partial charge in [-0.05, 0) is 32.0 Å². The fraction of sp³-hybridized carbons (Fsp3) is 0.600. The minimum atomic E-state index is 0.225. The molecule has 0 saturated carbocycles. The van der Waals surface area contributed by atoms with Gasteiger partial charge in [-0.3, -0.25) is 0 Å². The SMILES string of the molecule is Cc1ccc(C2(C)CNCCN(C)C2)c(C)c1. The Morgan fingerprint density at radius 3 is 2.76 bits per heavy atom. The molecule has 0 bridgehead atoms. The highest BCUT2D eigenvalue weighted by Crippen LogP contribution is 2.28. The molecule has 1 aliphatic rings. The van der Waals surface area contributed by atoms with Crippen molar-refractivity contribution in [2.75, 3.05) is 33.2 Å². The van der Waals surface area contributed by atoms with Crippen molar-refractivity contribution < 1.29 is 0 Å². The molecule has 2 heteroatoms. The molecule has 0 aromatic heterocycles. The second kappa shape index (κ2) is 4.79. The summed E-state index contributed by atoms with van der Waals surface area (Å²) in [7, 11) is 2.22. The fourth-order valence-corrected chi connectivity index (χ4v) is 3.04. The lowest BCUT2D eigenvalue weighted by atomic mass is 9.79. The Kier molecular flexibility index (Phi) is 3.55. The van der Waals surface area contributed by atoms with Gasteiger partial charge in [0.1, 0.15) is 0 Å². The third-order valence-electron chi connectivity index (χ3n) is 3.84. The standard InChI is InChI=1S/C15H24N2/c1-12-5-6-14(13(2)9-12)15(3)10-16-7-8-17(4)11-15/h5-6,9,16H,7-8,10-11H2,1-4H3. The Morgan fingerprint density at radius 2 is 2.06 bits per heavy atom. The summed E-state index contributed by atoms with van der Waals surface area (Å²) in [6, 6.07) is 6.84. The van der Waals surface area contributed by atoms with Gasteiger partial charge in [-0.2, -0.15) is 0 Å². The highest BCUT2D eigenvalue weighted by molar-refractivity contribution is 5.37. The highest BCUT2D eigenvalue weighted by atomic mass is 15.1. The minimum Gasteiger partial charge on any atom is -0.315 e. The minimum absolute atomic E-state index is 0.225. The van der Waals surface area contributed by atoms with Crippen LogP contribution in [0.1, 0.15) is 23.6 Å². The molecule has 0 amide bonds. The Bertz CT molecular complexity index is 400. The van der Waals surface area contributed by atoms with Gasteiger partial charge in [0.05, 0.1) is 0 Å². The van der Waals surface area contributed by atoms with E-state index in [9.17, 15) is 0 Å². The molecule has 1 aliphatic heterocycles. The summed E-state index contributed by atoms with van der Waals surface area (Å²) in [5, 5.41) is 3.57. The van der Waals surface area contributed by atoms with Gasteiger partial charge in [-0.25, -0.2) is 0 Å². The quantitative estimate of drug-likeness (QED) is 0.797. The van der Waals surface area contributed by atoms with E-state index in [1.54, 1.807) is 0 Å². The van der Waals surface area contributed by atoms with Crippen molar-refractivity contribution >= 4 is 0 Å². The van der Waals surface area contributed by atoms with Crippen LogP contribution in [0.5, 0.6) is 0 Å². The molecule has 1 aromatic carbocycles. The molecule has 0 spiro atoms. The lowest BCUT2D eigenvalue weighted by molar-refractivity contribution is 0.289. The van der Waals surface area contributed by atoms with Crippen molar-refractivity contribution in [2.24, 2.45) is 0 Å². The average Bonchev–Trinajstić information content (AvgIpc) is 2.40. The molecule has 1 heterocycles. The first-order valence-corrected chi connectivity index (χ1v) is 6.48. The monoisotopic (exact) mass is 232 g/mol. The van der Waals surface area contributed by atoms with Gasteiger partial charge in [-0.15, -0.1) is 0 Å². The number of benzene rings is 1. The number of nitrogens with one attached hydrogen (secondary N) is 1. The number of likely N-dealkylation sites (N-methyl/N-ethyl adjacent to an activating group) is 1. The smallest absolute Gasteiger partial charge is 0.0179 e. The van der Waals surface area contributed by atoms with Crippen molar-refractivity contribution in [3.63, 3.8) is 0 Å². The first-order chi connectivity index (χ1) is 8.01. The van der Waals surface area contributed by atoms with Gasteiger partial charge >= 0.3 is 0 Å². The summed E-state index contributed by atoms with van der Waals surface area (Å²) in [6.07, 6.45) is 0. The zero-order valence-corrected chi connectivity index (χ0v) is 11.5. The van der Waals surface area contributed by atoms with Gasteiger partial charge in [0.15, 0.2) is 0 Å². The first-order valence-electron chi connectivity index (χ1n) is 6.48. The van der Waals surface area contributed by atoms with E-state index in [-0.39, 0.29) is 5.41 Å². The molecule has 1 saturated heterocycles. The highest BCUT2D eigenvalue weighted by Gasteiger charge is 2.30. The number of hydrogen-bond acceptors (Lipinski definition) is 2. The number of aryl methyl sites for hydroxylation is 2. The Balaban J connectivity index is 2.35. The second-order valence-corrected chi connectivity index (χ2v) is 5.79. The van der Waals surface area contributed by atoms with Gasteiger partial charge < -0.3 is 10.2 Å². The van der Waals surface area contributed by atoms with Crippen molar-refractivity contribution in [3.05, 3.63) is 34.9 Å². The van der Waals surface area contributed by atoms with E-state index in [0.29, 0.717) is 0 Å². The molecule has 1 atom stereocenters. The molecule has 2 nitrogen and oxygen atoms in total. The van der Waals surface area contributed by atoms with E-state index in [1.165, 1.54) is 16.7 Å². The largest absolute Gasteiger partial charge is 0.315 e. The topological polar surface area (TPSA) is 15.3 Å². The van der Waals surface area contributed by atoms with Crippen LogP contribution >= 0.6 is 0 Å². The maximum absolute atomic E-state index is 3.57.